The van der Waals surface area contributed by atoms with Crippen LogP contribution in [0.15, 0.2) is 158 Å². The van der Waals surface area contributed by atoms with Crippen molar-refractivity contribution in [1.29, 1.82) is 0 Å². The average Bonchev–Trinajstić information content (AvgIpc) is 1.58. The zero-order valence-electron chi connectivity index (χ0n) is 52.4. The van der Waals surface area contributed by atoms with E-state index in [2.05, 4.69) is 296 Å². The van der Waals surface area contributed by atoms with E-state index in [4.69, 9.17) is 0 Å². The fourth-order valence-electron chi connectivity index (χ4n) is 15.4. The summed E-state index contributed by atoms with van der Waals surface area (Å²) in [4.78, 5) is 2.53. The Morgan fingerprint density at radius 3 is 1.45 bits per heavy atom. The van der Waals surface area contributed by atoms with Gasteiger partial charge in [-0.2, -0.15) is 0 Å². The van der Waals surface area contributed by atoms with Gasteiger partial charge >= 0.3 is 0 Å². The summed E-state index contributed by atoms with van der Waals surface area (Å²) in [6.45, 7) is 42.8. The fourth-order valence-corrected chi connectivity index (χ4v) is 15.4. The molecule has 3 nitrogen and oxygen atoms in total. The molecule has 11 aromatic rings. The maximum Gasteiger partial charge on any atom is 0.252 e. The van der Waals surface area contributed by atoms with E-state index in [0.29, 0.717) is 0 Å². The van der Waals surface area contributed by atoms with Gasteiger partial charge in [-0.05, 0) is 170 Å². The Morgan fingerprint density at radius 2 is 0.867 bits per heavy atom. The minimum absolute atomic E-state index is 0.0273. The highest BCUT2D eigenvalue weighted by Crippen LogP contribution is 2.63. The van der Waals surface area contributed by atoms with E-state index in [1.165, 1.54) is 144 Å². The molecule has 0 amide bonds. The minimum Gasteiger partial charge on any atom is -0.310 e. The average molecular weight is 1080 g/mol. The predicted octanol–water partition coefficient (Wildman–Crippen LogP) is 19.0. The molecule has 0 atom stereocenters. The third kappa shape index (κ3) is 7.05. The molecule has 414 valence electrons. The summed E-state index contributed by atoms with van der Waals surface area (Å²) in [7, 11) is 0. The Hall–Kier alpha value is -7.56. The molecular weight excluding hydrogens is 1000 g/mol. The molecule has 0 fully saturated rings. The first-order chi connectivity index (χ1) is 39.0. The van der Waals surface area contributed by atoms with E-state index in [1.54, 1.807) is 0 Å². The topological polar surface area (TPSA) is 13.1 Å². The van der Waals surface area contributed by atoms with E-state index >= 15 is 0 Å². The fraction of sp³-hybridized carbons (Fsp3) is 0.316. The maximum absolute atomic E-state index is 2.81. The normalized spacial score (nSPS) is 14.9. The number of fused-ring (bicyclic) bond motifs is 14. The first-order valence-corrected chi connectivity index (χ1v) is 30.7. The van der Waals surface area contributed by atoms with E-state index in [-0.39, 0.29) is 39.2 Å². The van der Waals surface area contributed by atoms with Crippen LogP contribution in [0.2, 0.25) is 0 Å². The molecule has 1 spiro atoms. The molecule has 9 aromatic carbocycles. The highest BCUT2D eigenvalue weighted by atomic mass is 15.1. The third-order valence-electron chi connectivity index (χ3n) is 20.0. The molecule has 15 rings (SSSR count). The van der Waals surface area contributed by atoms with Crippen molar-refractivity contribution in [2.45, 2.75) is 163 Å². The highest BCUT2D eigenvalue weighted by molar-refractivity contribution is 7.00. The lowest BCUT2D eigenvalue weighted by Gasteiger charge is -2.45. The molecule has 0 N–H and O–H groups in total. The number of benzene rings is 9. The van der Waals surface area contributed by atoms with Crippen molar-refractivity contribution in [2.75, 3.05) is 4.90 Å². The van der Waals surface area contributed by atoms with Crippen LogP contribution in [0.3, 0.4) is 0 Å². The molecule has 4 heteroatoms. The van der Waals surface area contributed by atoms with Crippen molar-refractivity contribution in [1.82, 2.24) is 9.13 Å². The van der Waals surface area contributed by atoms with Gasteiger partial charge in [0.2, 0.25) is 0 Å². The molecule has 0 saturated heterocycles. The monoisotopic (exact) mass is 1080 g/mol. The summed E-state index contributed by atoms with van der Waals surface area (Å²) in [6, 6.07) is 63.7. The van der Waals surface area contributed by atoms with Gasteiger partial charge in [-0.15, -0.1) is 0 Å². The van der Waals surface area contributed by atoms with E-state index in [9.17, 15) is 0 Å². The summed E-state index contributed by atoms with van der Waals surface area (Å²) in [5.74, 6) is 0. The molecule has 1 aliphatic carbocycles. The largest absolute Gasteiger partial charge is 0.310 e. The second kappa shape index (κ2) is 16.4. The molecular formula is C79H80BN3. The van der Waals surface area contributed by atoms with Crippen molar-refractivity contribution in [3.63, 3.8) is 0 Å². The van der Waals surface area contributed by atoms with Crippen molar-refractivity contribution in [2.24, 2.45) is 0 Å². The highest BCUT2D eigenvalue weighted by Gasteiger charge is 2.55. The van der Waals surface area contributed by atoms with Gasteiger partial charge in [0, 0.05) is 49.8 Å². The van der Waals surface area contributed by atoms with Crippen molar-refractivity contribution >= 4 is 83.8 Å². The van der Waals surface area contributed by atoms with Gasteiger partial charge in [-0.25, -0.2) is 0 Å². The smallest absolute Gasteiger partial charge is 0.252 e. The van der Waals surface area contributed by atoms with E-state index < -0.39 is 5.41 Å². The Bertz CT molecular complexity index is 4580. The number of anilines is 3. The SMILES string of the molecule is CC(C)(C)c1ccc(N(c2ccccc2)c2ccc3c4c2c2ccc(C(C)(C)C)cc2n4-c2ccc4c5c2B3c2cc(C(C)(C)C)cc3c6cc(C(C)(C)C)cc(c6n-5c23)C42c3cc(C(C)(C)C)ccc3-c3ccc(C(C)(C)C)cc32)cc1. The Kier molecular flexibility index (Phi) is 10.3. The summed E-state index contributed by atoms with van der Waals surface area (Å²) in [5, 5.41) is 5.29. The lowest BCUT2D eigenvalue weighted by molar-refractivity contribution is 0.583. The summed E-state index contributed by atoms with van der Waals surface area (Å²) >= 11 is 0. The van der Waals surface area contributed by atoms with Crippen LogP contribution in [0.4, 0.5) is 17.1 Å². The van der Waals surface area contributed by atoms with Crippen molar-refractivity contribution < 1.29 is 0 Å². The van der Waals surface area contributed by atoms with Crippen LogP contribution in [0.1, 0.15) is 180 Å². The molecule has 5 heterocycles. The molecule has 0 bridgehead atoms. The summed E-state index contributed by atoms with van der Waals surface area (Å²) < 4.78 is 5.54. The van der Waals surface area contributed by atoms with Gasteiger partial charge in [0.25, 0.3) is 6.71 Å². The van der Waals surface area contributed by atoms with Crippen LogP contribution in [0, 0.1) is 0 Å². The van der Waals surface area contributed by atoms with E-state index in [1.807, 2.05) is 0 Å². The zero-order chi connectivity index (χ0) is 58.4. The Morgan fingerprint density at radius 1 is 0.361 bits per heavy atom. The summed E-state index contributed by atoms with van der Waals surface area (Å²) in [5.41, 5.74) is 31.0. The molecule has 0 unspecified atom stereocenters. The number of para-hydroxylation sites is 1. The molecule has 4 aliphatic rings. The van der Waals surface area contributed by atoms with Crippen LogP contribution in [0.5, 0.6) is 0 Å². The summed E-state index contributed by atoms with van der Waals surface area (Å²) in [6.07, 6.45) is 0. The molecule has 2 aromatic heterocycles. The number of rotatable bonds is 3. The number of nitrogens with zero attached hydrogens (tertiary/aromatic N) is 3. The second-order valence-corrected chi connectivity index (χ2v) is 31.5. The standard InChI is InChI=1S/C79H80BN3/c1-73(2,3)45-24-29-52(30-25-45)81(51-22-20-19-21-23-51)64-37-35-62-72-67(64)55-33-28-48(76(10,11)12)44-66(55)82(72)65-36-34-58-71-68(65)80(62)63-43-50(78(16,17)18)39-57-56-38-49(77(13,14)15)42-61(69(56)83(71)70(57)63)79(58)59-40-46(74(4,5)6)26-31-53(59)54-32-27-47(41-60(54)79)75(7,8)9/h19-44H,1-18H3. The van der Waals surface area contributed by atoms with Crippen LogP contribution in [-0.4, -0.2) is 15.8 Å². The maximum atomic E-state index is 2.81. The minimum atomic E-state index is -0.632. The molecule has 0 radical (unpaired) electrons. The van der Waals surface area contributed by atoms with Gasteiger partial charge < -0.3 is 14.0 Å². The van der Waals surface area contributed by atoms with Crippen LogP contribution < -0.4 is 21.3 Å². The lowest BCUT2D eigenvalue weighted by Crippen LogP contribution is -2.60. The van der Waals surface area contributed by atoms with Gasteiger partial charge in [-0.3, -0.25) is 0 Å². The van der Waals surface area contributed by atoms with Gasteiger partial charge in [0.05, 0.1) is 27.7 Å². The Balaban J connectivity index is 1.16. The Labute approximate surface area is 493 Å². The predicted molar refractivity (Wildman–Crippen MR) is 358 cm³/mol. The van der Waals surface area contributed by atoms with Crippen LogP contribution in [0.25, 0.3) is 66.1 Å². The molecule has 3 aliphatic heterocycles. The molecule has 0 saturated carbocycles. The zero-order valence-corrected chi connectivity index (χ0v) is 52.4. The first-order valence-electron chi connectivity index (χ1n) is 30.7. The van der Waals surface area contributed by atoms with Crippen molar-refractivity contribution in [3.05, 3.63) is 213 Å². The van der Waals surface area contributed by atoms with Gasteiger partial charge in [0.15, 0.2) is 0 Å². The quantitative estimate of drug-likeness (QED) is 0.161. The van der Waals surface area contributed by atoms with Gasteiger partial charge in [-0.1, -0.05) is 228 Å². The lowest BCUT2D eigenvalue weighted by atomic mass is 9.33. The van der Waals surface area contributed by atoms with E-state index in [0.717, 1.165) is 11.4 Å². The number of aromatic nitrogens is 2. The number of hydrogen-bond acceptors (Lipinski definition) is 1. The number of hydrogen-bond donors (Lipinski definition) is 0. The van der Waals surface area contributed by atoms with Crippen LogP contribution >= 0.6 is 0 Å². The first kappa shape index (κ1) is 52.3. The second-order valence-electron chi connectivity index (χ2n) is 31.5. The van der Waals surface area contributed by atoms with Gasteiger partial charge in [0.1, 0.15) is 0 Å². The molecule has 83 heavy (non-hydrogen) atoms. The third-order valence-corrected chi connectivity index (χ3v) is 20.0. The van der Waals surface area contributed by atoms with Crippen molar-refractivity contribution in [3.8, 4) is 22.5 Å². The van der Waals surface area contributed by atoms with Crippen LogP contribution in [-0.2, 0) is 37.9 Å².